The summed E-state index contributed by atoms with van der Waals surface area (Å²) in [5.41, 5.74) is 4.72. The van der Waals surface area contributed by atoms with Crippen LogP contribution in [0.25, 0.3) is 0 Å². The Hall–Kier alpha value is -0.0400. The molecule has 0 heterocycles. The van der Waals surface area contributed by atoms with Crippen molar-refractivity contribution in [2.45, 2.75) is 41.0 Å². The molecule has 0 rings (SSSR count). The van der Waals surface area contributed by atoms with Crippen LogP contribution >= 0.6 is 0 Å². The van der Waals surface area contributed by atoms with Gasteiger partial charge in [-0.05, 0) is 10.8 Å². The Labute approximate surface area is 65.0 Å². The zero-order valence-corrected chi connectivity index (χ0v) is 8.12. The van der Waals surface area contributed by atoms with Gasteiger partial charge < -0.3 is 5.73 Å². The van der Waals surface area contributed by atoms with Crippen LogP contribution in [0.2, 0.25) is 0 Å². The maximum atomic E-state index is 3.88. The summed E-state index contributed by atoms with van der Waals surface area (Å²) >= 11 is 0. The lowest BCUT2D eigenvalue weighted by molar-refractivity contribution is -0.373. The van der Waals surface area contributed by atoms with Gasteiger partial charge in [0.1, 0.15) is 0 Å². The quantitative estimate of drug-likeness (QED) is 0.611. The third-order valence-corrected chi connectivity index (χ3v) is 2.83. The van der Waals surface area contributed by atoms with Crippen LogP contribution in [0.5, 0.6) is 0 Å². The van der Waals surface area contributed by atoms with E-state index in [0.717, 1.165) is 6.54 Å². The molecule has 0 saturated heterocycles. The van der Waals surface area contributed by atoms with Crippen LogP contribution < -0.4 is 5.73 Å². The van der Waals surface area contributed by atoms with Crippen molar-refractivity contribution in [3.8, 4) is 0 Å². The van der Waals surface area contributed by atoms with Crippen molar-refractivity contribution in [2.75, 3.05) is 6.54 Å². The van der Waals surface area contributed by atoms with Crippen molar-refractivity contribution in [1.82, 2.24) is 0 Å². The molecule has 1 heteroatoms. The van der Waals surface area contributed by atoms with Crippen molar-refractivity contribution in [3.05, 3.63) is 0 Å². The SMILES string of the molecule is CC(C)(C)C(C)(C)CC[NH3+]. The van der Waals surface area contributed by atoms with Crippen molar-refractivity contribution in [3.63, 3.8) is 0 Å². The minimum atomic E-state index is 0.407. The van der Waals surface area contributed by atoms with Gasteiger partial charge in [-0.25, -0.2) is 0 Å². The normalized spacial score (nSPS) is 13.8. The Balaban J connectivity index is 4.10. The van der Waals surface area contributed by atoms with Gasteiger partial charge in [-0.2, -0.15) is 0 Å². The van der Waals surface area contributed by atoms with Crippen molar-refractivity contribution in [2.24, 2.45) is 10.8 Å². The van der Waals surface area contributed by atoms with E-state index in [9.17, 15) is 0 Å². The molecule has 0 bridgehead atoms. The molecule has 62 valence electrons. The topological polar surface area (TPSA) is 27.6 Å². The Kier molecular flexibility index (Phi) is 2.90. The van der Waals surface area contributed by atoms with Crippen molar-refractivity contribution >= 4 is 0 Å². The molecule has 10 heavy (non-hydrogen) atoms. The molecule has 0 spiro atoms. The summed E-state index contributed by atoms with van der Waals surface area (Å²) in [4.78, 5) is 0. The molecule has 0 aromatic heterocycles. The van der Waals surface area contributed by atoms with Gasteiger partial charge in [-0.3, -0.25) is 0 Å². The van der Waals surface area contributed by atoms with E-state index in [1.807, 2.05) is 0 Å². The molecular weight excluding hydrogens is 122 g/mol. The first-order valence-corrected chi connectivity index (χ1v) is 4.10. The summed E-state index contributed by atoms with van der Waals surface area (Å²) in [5, 5.41) is 0. The molecule has 0 amide bonds. The largest absolute Gasteiger partial charge is 0.358 e. The monoisotopic (exact) mass is 144 g/mol. The van der Waals surface area contributed by atoms with E-state index in [4.69, 9.17) is 0 Å². The van der Waals surface area contributed by atoms with Crippen LogP contribution in [0.3, 0.4) is 0 Å². The molecule has 0 saturated carbocycles. The van der Waals surface area contributed by atoms with Gasteiger partial charge in [0.15, 0.2) is 0 Å². The average molecular weight is 144 g/mol. The zero-order chi connectivity index (χ0) is 8.41. The first-order valence-electron chi connectivity index (χ1n) is 4.10. The second-order valence-corrected chi connectivity index (χ2v) is 4.74. The molecule has 0 unspecified atom stereocenters. The fourth-order valence-electron chi connectivity index (χ4n) is 0.817. The average Bonchev–Trinajstić information content (AvgIpc) is 1.61. The van der Waals surface area contributed by atoms with E-state index < -0.39 is 0 Å². The van der Waals surface area contributed by atoms with E-state index in [1.54, 1.807) is 0 Å². The fourth-order valence-corrected chi connectivity index (χ4v) is 0.817. The van der Waals surface area contributed by atoms with Gasteiger partial charge in [-0.15, -0.1) is 0 Å². The summed E-state index contributed by atoms with van der Waals surface area (Å²) in [6, 6.07) is 0. The van der Waals surface area contributed by atoms with Crippen LogP contribution in [0, 0.1) is 10.8 Å². The van der Waals surface area contributed by atoms with Gasteiger partial charge >= 0.3 is 0 Å². The predicted octanol–water partition coefficient (Wildman–Crippen LogP) is 1.69. The Bertz CT molecular complexity index is 97.8. The standard InChI is InChI=1S/C9H21N/c1-8(2,3)9(4,5)6-7-10/h6-7,10H2,1-5H3/p+1. The van der Waals surface area contributed by atoms with Crippen molar-refractivity contribution in [1.29, 1.82) is 0 Å². The zero-order valence-electron chi connectivity index (χ0n) is 8.12. The second kappa shape index (κ2) is 2.91. The number of hydrogen-bond donors (Lipinski definition) is 1. The lowest BCUT2D eigenvalue weighted by Gasteiger charge is -2.38. The van der Waals surface area contributed by atoms with Gasteiger partial charge in [0.2, 0.25) is 0 Å². The smallest absolute Gasteiger partial charge is 0.0745 e. The van der Waals surface area contributed by atoms with E-state index in [2.05, 4.69) is 40.4 Å². The van der Waals surface area contributed by atoms with Gasteiger partial charge in [0, 0.05) is 6.42 Å². The summed E-state index contributed by atoms with van der Waals surface area (Å²) in [6.07, 6.45) is 1.22. The highest BCUT2D eigenvalue weighted by molar-refractivity contribution is 4.81. The highest BCUT2D eigenvalue weighted by Crippen LogP contribution is 2.39. The van der Waals surface area contributed by atoms with E-state index in [1.165, 1.54) is 6.42 Å². The van der Waals surface area contributed by atoms with Gasteiger partial charge in [-0.1, -0.05) is 34.6 Å². The van der Waals surface area contributed by atoms with Gasteiger partial charge in [0.25, 0.3) is 0 Å². The predicted molar refractivity (Wildman–Crippen MR) is 45.6 cm³/mol. The lowest BCUT2D eigenvalue weighted by atomic mass is 9.67. The molecule has 0 aromatic carbocycles. The summed E-state index contributed by atoms with van der Waals surface area (Å²) < 4.78 is 0. The first kappa shape index (κ1) is 9.96. The molecule has 0 aromatic rings. The lowest BCUT2D eigenvalue weighted by Crippen LogP contribution is -2.52. The molecule has 1 nitrogen and oxygen atoms in total. The molecule has 0 atom stereocenters. The third-order valence-electron chi connectivity index (χ3n) is 2.83. The van der Waals surface area contributed by atoms with E-state index in [0.29, 0.717) is 10.8 Å². The maximum absolute atomic E-state index is 3.88. The Morgan fingerprint density at radius 1 is 1.00 bits per heavy atom. The fraction of sp³-hybridized carbons (Fsp3) is 1.00. The first-order chi connectivity index (χ1) is 4.31. The minimum absolute atomic E-state index is 0.407. The molecule has 0 radical (unpaired) electrons. The minimum Gasteiger partial charge on any atom is -0.358 e. The second-order valence-electron chi connectivity index (χ2n) is 4.74. The highest BCUT2D eigenvalue weighted by atomic mass is 14.5. The number of hydrogen-bond acceptors (Lipinski definition) is 0. The van der Waals surface area contributed by atoms with Crippen LogP contribution in [-0.4, -0.2) is 6.54 Å². The molecule has 3 N–H and O–H groups in total. The van der Waals surface area contributed by atoms with Gasteiger partial charge in [0.05, 0.1) is 6.54 Å². The molecule has 0 aliphatic heterocycles. The van der Waals surface area contributed by atoms with Crippen LogP contribution in [0.1, 0.15) is 41.0 Å². The van der Waals surface area contributed by atoms with E-state index in [-0.39, 0.29) is 0 Å². The summed E-state index contributed by atoms with van der Waals surface area (Å²) in [5.74, 6) is 0. The molecule has 0 aliphatic rings. The highest BCUT2D eigenvalue weighted by Gasteiger charge is 2.32. The maximum Gasteiger partial charge on any atom is 0.0745 e. The Morgan fingerprint density at radius 2 is 1.40 bits per heavy atom. The van der Waals surface area contributed by atoms with Crippen LogP contribution in [-0.2, 0) is 0 Å². The number of rotatable bonds is 2. The molecular formula is C9H22N+. The molecule has 0 aliphatic carbocycles. The molecule has 0 fully saturated rings. The summed E-state index contributed by atoms with van der Waals surface area (Å²) in [7, 11) is 0. The van der Waals surface area contributed by atoms with Crippen LogP contribution in [0.4, 0.5) is 0 Å². The van der Waals surface area contributed by atoms with Crippen LogP contribution in [0.15, 0.2) is 0 Å². The third kappa shape index (κ3) is 2.30. The summed E-state index contributed by atoms with van der Waals surface area (Å²) in [6.45, 7) is 12.6. The Morgan fingerprint density at radius 3 is 1.50 bits per heavy atom. The van der Waals surface area contributed by atoms with E-state index >= 15 is 0 Å². The number of quaternary nitrogens is 1. The van der Waals surface area contributed by atoms with Crippen molar-refractivity contribution < 1.29 is 5.73 Å².